The van der Waals surface area contributed by atoms with E-state index in [1.165, 1.54) is 12.0 Å². The fourth-order valence-electron chi connectivity index (χ4n) is 7.19. The molecule has 4 nitrogen and oxygen atoms in total. The van der Waals surface area contributed by atoms with E-state index in [0.29, 0.717) is 17.8 Å². The predicted octanol–water partition coefficient (Wildman–Crippen LogP) is 4.75. The van der Waals surface area contributed by atoms with Crippen LogP contribution in [0.1, 0.15) is 58.8 Å². The molecule has 7 atom stereocenters. The number of hydrogen-bond acceptors (Lipinski definition) is 4. The van der Waals surface area contributed by atoms with Gasteiger partial charge in [-0.2, -0.15) is 5.10 Å². The standard InChI is InChI=1S/C25H34N2O2/c1-24-12-10-18(28)14-16(24)8-9-19-20(24)11-13-25(2)21(19)15-22(23(25)29)27-26-17-6-4-3-5-7-17/h3-8,18-21,23,26,28-29H,9-15H2,1-2H3/b27-22+/t18-,19+,20-,21?,23-,24-,25-/m0/s1. The van der Waals surface area contributed by atoms with Crippen LogP contribution in [0.4, 0.5) is 5.69 Å². The summed E-state index contributed by atoms with van der Waals surface area (Å²) in [6, 6.07) is 9.98. The summed E-state index contributed by atoms with van der Waals surface area (Å²) in [5.41, 5.74) is 6.70. The summed E-state index contributed by atoms with van der Waals surface area (Å²) in [7, 11) is 0. The molecule has 4 heteroatoms. The largest absolute Gasteiger partial charge is 0.393 e. The van der Waals surface area contributed by atoms with Crippen LogP contribution in [0.2, 0.25) is 0 Å². The van der Waals surface area contributed by atoms with Crippen molar-refractivity contribution in [3.63, 3.8) is 0 Å². The fourth-order valence-corrected chi connectivity index (χ4v) is 7.19. The first-order chi connectivity index (χ1) is 13.9. The van der Waals surface area contributed by atoms with Crippen molar-refractivity contribution in [2.45, 2.75) is 71.0 Å². The fraction of sp³-hybridized carbons (Fsp3) is 0.640. The third-order valence-electron chi connectivity index (χ3n) is 8.99. The molecule has 4 aliphatic rings. The van der Waals surface area contributed by atoms with E-state index in [-0.39, 0.29) is 16.9 Å². The summed E-state index contributed by atoms with van der Waals surface area (Å²) in [6.45, 7) is 4.73. The zero-order chi connectivity index (χ0) is 20.2. The number of anilines is 1. The maximum atomic E-state index is 11.2. The molecule has 156 valence electrons. The van der Waals surface area contributed by atoms with E-state index in [9.17, 15) is 10.2 Å². The molecular weight excluding hydrogens is 360 g/mol. The van der Waals surface area contributed by atoms with E-state index < -0.39 is 6.10 Å². The summed E-state index contributed by atoms with van der Waals surface area (Å²) in [4.78, 5) is 0. The Hall–Kier alpha value is -1.65. The molecule has 0 saturated heterocycles. The molecule has 1 aromatic carbocycles. The van der Waals surface area contributed by atoms with Crippen molar-refractivity contribution in [3.05, 3.63) is 42.0 Å². The molecule has 3 fully saturated rings. The quantitative estimate of drug-likeness (QED) is 0.501. The molecule has 0 radical (unpaired) electrons. The number of hydrogen-bond donors (Lipinski definition) is 3. The minimum atomic E-state index is -0.462. The number of aliphatic hydroxyl groups is 2. The van der Waals surface area contributed by atoms with Gasteiger partial charge < -0.3 is 10.2 Å². The first-order valence-corrected chi connectivity index (χ1v) is 11.3. The van der Waals surface area contributed by atoms with Gasteiger partial charge in [0.1, 0.15) is 0 Å². The molecule has 0 amide bonds. The predicted molar refractivity (Wildman–Crippen MR) is 117 cm³/mol. The van der Waals surface area contributed by atoms with Crippen LogP contribution < -0.4 is 5.43 Å². The minimum absolute atomic E-state index is 0.0751. The zero-order valence-electron chi connectivity index (χ0n) is 17.6. The van der Waals surface area contributed by atoms with Gasteiger partial charge in [-0.25, -0.2) is 0 Å². The minimum Gasteiger partial charge on any atom is -0.393 e. The Bertz CT molecular complexity index is 834. The van der Waals surface area contributed by atoms with Gasteiger partial charge in [-0.05, 0) is 80.2 Å². The van der Waals surface area contributed by atoms with E-state index in [0.717, 1.165) is 49.9 Å². The smallest absolute Gasteiger partial charge is 0.0994 e. The van der Waals surface area contributed by atoms with Crippen molar-refractivity contribution in [2.24, 2.45) is 33.7 Å². The van der Waals surface area contributed by atoms with Crippen LogP contribution in [0.3, 0.4) is 0 Å². The second-order valence-electron chi connectivity index (χ2n) is 10.4. The van der Waals surface area contributed by atoms with E-state index in [1.54, 1.807) is 0 Å². The van der Waals surface area contributed by atoms with Gasteiger partial charge in [-0.3, -0.25) is 5.43 Å². The molecule has 3 saturated carbocycles. The number of hydrazone groups is 1. The van der Waals surface area contributed by atoms with Gasteiger partial charge in [-0.1, -0.05) is 43.7 Å². The van der Waals surface area contributed by atoms with Crippen molar-refractivity contribution >= 4 is 11.4 Å². The van der Waals surface area contributed by atoms with Crippen LogP contribution in [0.15, 0.2) is 47.1 Å². The molecule has 5 rings (SSSR count). The highest BCUT2D eigenvalue weighted by Gasteiger charge is 2.60. The molecule has 4 aliphatic carbocycles. The van der Waals surface area contributed by atoms with Crippen LogP contribution in [0.25, 0.3) is 0 Å². The highest BCUT2D eigenvalue weighted by atomic mass is 16.3. The summed E-state index contributed by atoms with van der Waals surface area (Å²) in [5.74, 6) is 1.76. The molecule has 0 heterocycles. The van der Waals surface area contributed by atoms with Gasteiger partial charge in [0, 0.05) is 5.41 Å². The number of nitrogens with zero attached hydrogens (tertiary/aromatic N) is 1. The van der Waals surface area contributed by atoms with E-state index in [1.807, 2.05) is 30.3 Å². The van der Waals surface area contributed by atoms with Crippen LogP contribution in [-0.4, -0.2) is 28.1 Å². The number of benzene rings is 1. The highest BCUT2D eigenvalue weighted by Crippen LogP contribution is 2.64. The number of aliphatic hydroxyl groups excluding tert-OH is 2. The SMILES string of the molecule is C[C@]12CC[C@H](O)CC1=CC[C@H]1C3C/C(=N\Nc4ccccc4)[C@H](O)[C@@]3(C)CC[C@@H]12. The zero-order valence-corrected chi connectivity index (χ0v) is 17.6. The Balaban J connectivity index is 1.41. The normalized spacial score (nSPS) is 45.2. The summed E-state index contributed by atoms with van der Waals surface area (Å²) < 4.78 is 0. The molecule has 3 N–H and O–H groups in total. The first kappa shape index (κ1) is 19.3. The van der Waals surface area contributed by atoms with Crippen LogP contribution in [-0.2, 0) is 0 Å². The van der Waals surface area contributed by atoms with E-state index in [2.05, 4.69) is 30.5 Å². The number of fused-ring (bicyclic) bond motifs is 5. The lowest BCUT2D eigenvalue weighted by molar-refractivity contribution is -0.0670. The first-order valence-electron chi connectivity index (χ1n) is 11.3. The lowest BCUT2D eigenvalue weighted by Crippen LogP contribution is -2.51. The Morgan fingerprint density at radius 3 is 2.59 bits per heavy atom. The van der Waals surface area contributed by atoms with E-state index >= 15 is 0 Å². The van der Waals surface area contributed by atoms with Crippen molar-refractivity contribution in [2.75, 3.05) is 5.43 Å². The number of para-hydroxylation sites is 1. The Morgan fingerprint density at radius 2 is 1.79 bits per heavy atom. The third kappa shape index (κ3) is 2.98. The van der Waals surface area contributed by atoms with Crippen molar-refractivity contribution in [1.82, 2.24) is 0 Å². The molecule has 0 bridgehead atoms. The van der Waals surface area contributed by atoms with Crippen LogP contribution in [0.5, 0.6) is 0 Å². The molecule has 0 aromatic heterocycles. The maximum Gasteiger partial charge on any atom is 0.0994 e. The Labute approximate surface area is 174 Å². The molecular formula is C25H34N2O2. The van der Waals surface area contributed by atoms with Gasteiger partial charge in [0.15, 0.2) is 0 Å². The Kier molecular flexibility index (Phi) is 4.63. The number of rotatable bonds is 2. The van der Waals surface area contributed by atoms with Gasteiger partial charge >= 0.3 is 0 Å². The lowest BCUT2D eigenvalue weighted by Gasteiger charge is -2.57. The summed E-state index contributed by atoms with van der Waals surface area (Å²) in [6.07, 6.45) is 8.94. The Morgan fingerprint density at radius 1 is 1.00 bits per heavy atom. The average molecular weight is 395 g/mol. The molecule has 29 heavy (non-hydrogen) atoms. The van der Waals surface area contributed by atoms with E-state index in [4.69, 9.17) is 0 Å². The number of nitrogens with one attached hydrogen (secondary N) is 1. The summed E-state index contributed by atoms with van der Waals surface area (Å²) in [5, 5.41) is 26.1. The third-order valence-corrected chi connectivity index (χ3v) is 8.99. The maximum absolute atomic E-state index is 11.2. The number of allylic oxidation sites excluding steroid dienone is 1. The van der Waals surface area contributed by atoms with Crippen molar-refractivity contribution in [1.29, 1.82) is 0 Å². The van der Waals surface area contributed by atoms with Crippen molar-refractivity contribution < 1.29 is 10.2 Å². The molecule has 1 unspecified atom stereocenters. The van der Waals surface area contributed by atoms with Gasteiger partial charge in [-0.15, -0.1) is 0 Å². The molecule has 0 aliphatic heterocycles. The highest BCUT2D eigenvalue weighted by molar-refractivity contribution is 5.92. The van der Waals surface area contributed by atoms with Crippen LogP contribution in [0, 0.1) is 28.6 Å². The van der Waals surface area contributed by atoms with Crippen molar-refractivity contribution in [3.8, 4) is 0 Å². The molecule has 0 spiro atoms. The van der Waals surface area contributed by atoms with Crippen LogP contribution >= 0.6 is 0 Å². The topological polar surface area (TPSA) is 64.9 Å². The lowest BCUT2D eigenvalue weighted by atomic mass is 9.48. The van der Waals surface area contributed by atoms with Gasteiger partial charge in [0.05, 0.1) is 23.6 Å². The second-order valence-corrected chi connectivity index (χ2v) is 10.4. The monoisotopic (exact) mass is 394 g/mol. The average Bonchev–Trinajstić information content (AvgIpc) is 2.98. The van der Waals surface area contributed by atoms with Gasteiger partial charge in [0.25, 0.3) is 0 Å². The van der Waals surface area contributed by atoms with Gasteiger partial charge in [0.2, 0.25) is 0 Å². The molecule has 1 aromatic rings. The summed E-state index contributed by atoms with van der Waals surface area (Å²) >= 11 is 0. The second kappa shape index (κ2) is 6.95.